The molecule has 2 aromatic rings. The van der Waals surface area contributed by atoms with Crippen molar-refractivity contribution in [2.75, 3.05) is 26.2 Å². The third-order valence-electron chi connectivity index (χ3n) is 5.30. The van der Waals surface area contributed by atoms with Crippen LogP contribution in [0.25, 0.3) is 0 Å². The molecule has 1 heterocycles. The van der Waals surface area contributed by atoms with Crippen LogP contribution in [0.5, 0.6) is 0 Å². The molecule has 5 nitrogen and oxygen atoms in total. The average Bonchev–Trinajstić information content (AvgIpc) is 2.77. The Morgan fingerprint density at radius 2 is 1.61 bits per heavy atom. The Hall–Kier alpha value is -2.66. The minimum Gasteiger partial charge on any atom is -0.341 e. The van der Waals surface area contributed by atoms with Crippen molar-refractivity contribution in [3.05, 3.63) is 71.8 Å². The fourth-order valence-corrected chi connectivity index (χ4v) is 3.63. The highest BCUT2D eigenvalue weighted by atomic mass is 16.2. The van der Waals surface area contributed by atoms with E-state index in [0.29, 0.717) is 11.5 Å². The van der Waals surface area contributed by atoms with E-state index in [-0.39, 0.29) is 11.8 Å². The third-order valence-corrected chi connectivity index (χ3v) is 5.30. The van der Waals surface area contributed by atoms with Gasteiger partial charge in [-0.15, -0.1) is 0 Å². The van der Waals surface area contributed by atoms with E-state index in [1.165, 1.54) is 0 Å². The molecule has 0 aliphatic carbocycles. The number of likely N-dealkylation sites (tertiary alicyclic amines) is 1. The molecule has 1 atom stereocenters. The first-order valence-electron chi connectivity index (χ1n) is 10.1. The summed E-state index contributed by atoms with van der Waals surface area (Å²) < 4.78 is 0. The molecule has 0 bridgehead atoms. The van der Waals surface area contributed by atoms with E-state index < -0.39 is 6.04 Å². The normalized spacial score (nSPS) is 15.8. The molecule has 1 saturated heterocycles. The lowest BCUT2D eigenvalue weighted by atomic mass is 9.95. The summed E-state index contributed by atoms with van der Waals surface area (Å²) in [7, 11) is 0. The number of hydrogen-bond donors (Lipinski definition) is 2. The van der Waals surface area contributed by atoms with Gasteiger partial charge in [0.15, 0.2) is 0 Å². The molecular formula is C23H29N3O2. The molecule has 0 aromatic heterocycles. The maximum absolute atomic E-state index is 13.3. The van der Waals surface area contributed by atoms with E-state index in [1.54, 1.807) is 12.1 Å². The first kappa shape index (κ1) is 20.1. The molecular weight excluding hydrogens is 350 g/mol. The summed E-state index contributed by atoms with van der Waals surface area (Å²) in [6, 6.07) is 17.9. The van der Waals surface area contributed by atoms with Gasteiger partial charge < -0.3 is 15.5 Å². The van der Waals surface area contributed by atoms with Gasteiger partial charge in [-0.3, -0.25) is 9.59 Å². The van der Waals surface area contributed by atoms with Gasteiger partial charge in [0.1, 0.15) is 6.04 Å². The number of carbonyl (C=O) groups excluding carboxylic acids is 2. The van der Waals surface area contributed by atoms with E-state index >= 15 is 0 Å². The Bertz CT molecular complexity index is 756. The minimum absolute atomic E-state index is 0.0302. The van der Waals surface area contributed by atoms with Gasteiger partial charge in [-0.1, -0.05) is 55.5 Å². The lowest BCUT2D eigenvalue weighted by molar-refractivity contribution is -0.134. The maximum Gasteiger partial charge on any atom is 0.252 e. The first-order chi connectivity index (χ1) is 13.7. The predicted molar refractivity (Wildman–Crippen MR) is 111 cm³/mol. The molecule has 2 amide bonds. The van der Waals surface area contributed by atoms with Crippen molar-refractivity contribution in [2.45, 2.75) is 25.8 Å². The summed E-state index contributed by atoms with van der Waals surface area (Å²) in [5, 5.41) is 6.34. The van der Waals surface area contributed by atoms with Gasteiger partial charge in [0.2, 0.25) is 5.91 Å². The molecule has 28 heavy (non-hydrogen) atoms. The number of nitrogens with one attached hydrogen (secondary N) is 2. The second kappa shape index (κ2) is 10.0. The SMILES string of the molecule is CCNCC1CCN(C(=O)C(NC(=O)c2ccccc2)c2ccccc2)CC1. The first-order valence-corrected chi connectivity index (χ1v) is 10.1. The molecule has 1 fully saturated rings. The third kappa shape index (κ3) is 5.20. The molecule has 0 spiro atoms. The van der Waals surface area contributed by atoms with Crippen LogP contribution >= 0.6 is 0 Å². The van der Waals surface area contributed by atoms with Gasteiger partial charge in [-0.25, -0.2) is 0 Å². The summed E-state index contributed by atoms with van der Waals surface area (Å²) in [5.41, 5.74) is 1.37. The van der Waals surface area contributed by atoms with Gasteiger partial charge in [0.25, 0.3) is 5.91 Å². The fraction of sp³-hybridized carbons (Fsp3) is 0.391. The lowest BCUT2D eigenvalue weighted by Gasteiger charge is -2.34. The van der Waals surface area contributed by atoms with E-state index in [2.05, 4.69) is 17.6 Å². The standard InChI is InChI=1S/C23H29N3O2/c1-2-24-17-18-13-15-26(16-14-18)23(28)21(19-9-5-3-6-10-19)25-22(27)20-11-7-4-8-12-20/h3-12,18,21,24H,2,13-17H2,1H3,(H,25,27). The zero-order valence-electron chi connectivity index (χ0n) is 16.4. The van der Waals surface area contributed by atoms with Crippen LogP contribution in [-0.4, -0.2) is 42.9 Å². The number of rotatable bonds is 7. The summed E-state index contributed by atoms with van der Waals surface area (Å²) in [5.74, 6) is 0.348. The number of piperidine rings is 1. The van der Waals surface area contributed by atoms with Crippen LogP contribution in [0.4, 0.5) is 0 Å². The second-order valence-corrected chi connectivity index (χ2v) is 7.26. The molecule has 1 unspecified atom stereocenters. The van der Waals surface area contributed by atoms with Crippen molar-refractivity contribution in [1.29, 1.82) is 0 Å². The van der Waals surface area contributed by atoms with Crippen molar-refractivity contribution >= 4 is 11.8 Å². The van der Waals surface area contributed by atoms with Crippen LogP contribution in [0.2, 0.25) is 0 Å². The molecule has 1 aliphatic rings. The molecule has 2 N–H and O–H groups in total. The zero-order valence-corrected chi connectivity index (χ0v) is 16.4. The lowest BCUT2D eigenvalue weighted by Crippen LogP contribution is -2.47. The molecule has 2 aromatic carbocycles. The Kier molecular flexibility index (Phi) is 7.20. The van der Waals surface area contributed by atoms with Gasteiger partial charge >= 0.3 is 0 Å². The summed E-state index contributed by atoms with van der Waals surface area (Å²) in [4.78, 5) is 27.9. The number of hydrogen-bond acceptors (Lipinski definition) is 3. The summed E-state index contributed by atoms with van der Waals surface area (Å²) >= 11 is 0. The average molecular weight is 380 g/mol. The number of benzene rings is 2. The number of nitrogens with zero attached hydrogens (tertiary/aromatic N) is 1. The van der Waals surface area contributed by atoms with Crippen LogP contribution in [0, 0.1) is 5.92 Å². The second-order valence-electron chi connectivity index (χ2n) is 7.26. The van der Waals surface area contributed by atoms with Crippen LogP contribution in [0.15, 0.2) is 60.7 Å². The van der Waals surface area contributed by atoms with Crippen molar-refractivity contribution < 1.29 is 9.59 Å². The topological polar surface area (TPSA) is 61.4 Å². The molecule has 0 radical (unpaired) electrons. The van der Waals surface area contributed by atoms with E-state index in [0.717, 1.165) is 44.6 Å². The van der Waals surface area contributed by atoms with Crippen molar-refractivity contribution in [3.63, 3.8) is 0 Å². The fourth-order valence-electron chi connectivity index (χ4n) is 3.63. The van der Waals surface area contributed by atoms with Gasteiger partial charge in [0.05, 0.1) is 0 Å². The maximum atomic E-state index is 13.3. The Balaban J connectivity index is 1.71. The van der Waals surface area contributed by atoms with E-state index in [1.807, 2.05) is 53.4 Å². The molecule has 3 rings (SSSR count). The predicted octanol–water partition coefficient (Wildman–Crippen LogP) is 3.01. The number of amides is 2. The Morgan fingerprint density at radius 3 is 2.21 bits per heavy atom. The van der Waals surface area contributed by atoms with Crippen molar-refractivity contribution in [3.8, 4) is 0 Å². The van der Waals surface area contributed by atoms with E-state index in [9.17, 15) is 9.59 Å². The molecule has 0 saturated carbocycles. The highest BCUT2D eigenvalue weighted by Gasteiger charge is 2.30. The summed E-state index contributed by atoms with van der Waals surface area (Å²) in [6.07, 6.45) is 1.99. The molecule has 148 valence electrons. The van der Waals surface area contributed by atoms with Crippen molar-refractivity contribution in [2.24, 2.45) is 5.92 Å². The molecule has 1 aliphatic heterocycles. The Morgan fingerprint density at radius 1 is 1.00 bits per heavy atom. The Labute approximate surface area is 167 Å². The van der Waals surface area contributed by atoms with Gasteiger partial charge in [0, 0.05) is 18.7 Å². The minimum atomic E-state index is -0.667. The van der Waals surface area contributed by atoms with E-state index in [4.69, 9.17) is 0 Å². The van der Waals surface area contributed by atoms with Crippen molar-refractivity contribution in [1.82, 2.24) is 15.5 Å². The summed E-state index contributed by atoms with van der Waals surface area (Å²) in [6.45, 7) is 5.56. The van der Waals surface area contributed by atoms with Gasteiger partial charge in [-0.2, -0.15) is 0 Å². The monoisotopic (exact) mass is 379 g/mol. The van der Waals surface area contributed by atoms with Gasteiger partial charge in [-0.05, 0) is 49.5 Å². The largest absolute Gasteiger partial charge is 0.341 e. The quantitative estimate of drug-likeness (QED) is 0.777. The zero-order chi connectivity index (χ0) is 19.8. The van der Waals surface area contributed by atoms with Crippen LogP contribution in [0.3, 0.4) is 0 Å². The smallest absolute Gasteiger partial charge is 0.252 e. The highest BCUT2D eigenvalue weighted by Crippen LogP contribution is 2.22. The van der Waals surface area contributed by atoms with Crippen LogP contribution in [-0.2, 0) is 4.79 Å². The van der Waals surface area contributed by atoms with Crippen LogP contribution < -0.4 is 10.6 Å². The number of carbonyl (C=O) groups is 2. The molecule has 5 heteroatoms. The van der Waals surface area contributed by atoms with Crippen LogP contribution in [0.1, 0.15) is 41.7 Å². The highest BCUT2D eigenvalue weighted by molar-refractivity contribution is 5.97.